The zero-order valence-corrected chi connectivity index (χ0v) is 13.5. The van der Waals surface area contributed by atoms with E-state index >= 15 is 0 Å². The number of hydrogen-bond acceptors (Lipinski definition) is 5. The number of likely N-dealkylation sites (tertiary alicyclic amines) is 1. The van der Waals surface area contributed by atoms with Gasteiger partial charge >= 0.3 is 5.97 Å². The molecule has 1 saturated heterocycles. The molecule has 0 saturated carbocycles. The zero-order chi connectivity index (χ0) is 16.0. The monoisotopic (exact) mass is 321 g/mol. The van der Waals surface area contributed by atoms with Gasteiger partial charge in [0.2, 0.25) is 5.91 Å². The van der Waals surface area contributed by atoms with Crippen LogP contribution < -0.4 is 4.72 Å². The van der Waals surface area contributed by atoms with Crippen LogP contribution in [0.5, 0.6) is 0 Å². The summed E-state index contributed by atoms with van der Waals surface area (Å²) >= 11 is 0. The van der Waals surface area contributed by atoms with Crippen LogP contribution in [0.2, 0.25) is 0 Å². The Morgan fingerprint density at radius 3 is 2.29 bits per heavy atom. The SMILES string of the molecule is COC(=O)CCC(=O)N1CCC(NS(=O)(=O)N(C)C)CC1. The first kappa shape index (κ1) is 17.9. The third kappa shape index (κ3) is 5.60. The van der Waals surface area contributed by atoms with Gasteiger partial charge in [0, 0.05) is 39.6 Å². The van der Waals surface area contributed by atoms with Crippen molar-refractivity contribution in [3.05, 3.63) is 0 Å². The third-order valence-corrected chi connectivity index (χ3v) is 5.01. The molecule has 0 bridgehead atoms. The van der Waals surface area contributed by atoms with Gasteiger partial charge in [-0.1, -0.05) is 0 Å². The number of amides is 1. The van der Waals surface area contributed by atoms with Crippen molar-refractivity contribution in [1.29, 1.82) is 0 Å². The standard InChI is InChI=1S/C12H23N3O5S/c1-14(2)21(18,19)13-10-6-8-15(9-7-10)11(16)4-5-12(17)20-3/h10,13H,4-9H2,1-3H3. The van der Waals surface area contributed by atoms with Gasteiger partial charge in [0.25, 0.3) is 10.2 Å². The van der Waals surface area contributed by atoms with Crippen LogP contribution in [0.3, 0.4) is 0 Å². The molecular formula is C12H23N3O5S. The highest BCUT2D eigenvalue weighted by atomic mass is 32.2. The molecule has 0 aromatic carbocycles. The Labute approximate surface area is 125 Å². The van der Waals surface area contributed by atoms with Gasteiger partial charge in [0.05, 0.1) is 13.5 Å². The first-order valence-corrected chi connectivity index (χ1v) is 8.24. The van der Waals surface area contributed by atoms with E-state index in [0.29, 0.717) is 25.9 Å². The molecule has 0 spiro atoms. The molecule has 0 atom stereocenters. The van der Waals surface area contributed by atoms with Gasteiger partial charge in [0.1, 0.15) is 0 Å². The van der Waals surface area contributed by atoms with Gasteiger partial charge in [0.15, 0.2) is 0 Å². The maximum Gasteiger partial charge on any atom is 0.306 e. The van der Waals surface area contributed by atoms with Gasteiger partial charge in [-0.25, -0.2) is 0 Å². The Hall–Kier alpha value is -1.19. The summed E-state index contributed by atoms with van der Waals surface area (Å²) in [7, 11) is 0.777. The van der Waals surface area contributed by atoms with E-state index in [-0.39, 0.29) is 24.8 Å². The summed E-state index contributed by atoms with van der Waals surface area (Å²) in [5.74, 6) is -0.508. The number of rotatable bonds is 6. The fraction of sp³-hybridized carbons (Fsp3) is 0.833. The molecule has 1 amide bonds. The summed E-state index contributed by atoms with van der Waals surface area (Å²) in [6.07, 6.45) is 1.33. The van der Waals surface area contributed by atoms with Gasteiger partial charge in [-0.2, -0.15) is 17.4 Å². The quantitative estimate of drug-likeness (QED) is 0.654. The lowest BCUT2D eigenvalue weighted by atomic mass is 10.1. The van der Waals surface area contributed by atoms with Crippen molar-refractivity contribution in [2.24, 2.45) is 0 Å². The van der Waals surface area contributed by atoms with E-state index in [0.717, 1.165) is 4.31 Å². The Morgan fingerprint density at radius 2 is 1.81 bits per heavy atom. The first-order valence-electron chi connectivity index (χ1n) is 6.80. The van der Waals surface area contributed by atoms with Crippen LogP contribution in [-0.4, -0.2) is 69.8 Å². The molecular weight excluding hydrogens is 298 g/mol. The molecule has 1 N–H and O–H groups in total. The summed E-state index contributed by atoms with van der Waals surface area (Å²) < 4.78 is 31.6. The molecule has 122 valence electrons. The molecule has 0 radical (unpaired) electrons. The van der Waals surface area contributed by atoms with E-state index in [1.165, 1.54) is 21.2 Å². The number of piperidine rings is 1. The minimum Gasteiger partial charge on any atom is -0.469 e. The second-order valence-electron chi connectivity index (χ2n) is 5.14. The largest absolute Gasteiger partial charge is 0.469 e. The fourth-order valence-electron chi connectivity index (χ4n) is 2.03. The van der Waals surface area contributed by atoms with Crippen molar-refractivity contribution in [3.8, 4) is 0 Å². The summed E-state index contributed by atoms with van der Waals surface area (Å²) in [5.41, 5.74) is 0. The van der Waals surface area contributed by atoms with E-state index in [2.05, 4.69) is 9.46 Å². The summed E-state index contributed by atoms with van der Waals surface area (Å²) in [6, 6.07) is -0.165. The van der Waals surface area contributed by atoms with Crippen LogP contribution in [0, 0.1) is 0 Å². The molecule has 1 rings (SSSR count). The van der Waals surface area contributed by atoms with Crippen LogP contribution in [0.15, 0.2) is 0 Å². The van der Waals surface area contributed by atoms with E-state index in [9.17, 15) is 18.0 Å². The molecule has 1 aliphatic rings. The predicted octanol–water partition coefficient (Wildman–Crippen LogP) is -0.673. The Bertz CT molecular complexity index is 469. The van der Waals surface area contributed by atoms with Crippen LogP contribution in [0.1, 0.15) is 25.7 Å². The smallest absolute Gasteiger partial charge is 0.306 e. The van der Waals surface area contributed by atoms with Crippen LogP contribution in [0.25, 0.3) is 0 Å². The maximum atomic E-state index is 11.9. The van der Waals surface area contributed by atoms with E-state index in [1.807, 2.05) is 0 Å². The number of esters is 1. The number of carbonyl (C=O) groups excluding carboxylic acids is 2. The Morgan fingerprint density at radius 1 is 1.24 bits per heavy atom. The summed E-state index contributed by atoms with van der Waals surface area (Å²) in [4.78, 5) is 24.5. The molecule has 0 aliphatic carbocycles. The molecule has 21 heavy (non-hydrogen) atoms. The zero-order valence-electron chi connectivity index (χ0n) is 12.7. The molecule has 8 nitrogen and oxygen atoms in total. The Kier molecular flexibility index (Phi) is 6.56. The van der Waals surface area contributed by atoms with Crippen molar-refractivity contribution in [2.75, 3.05) is 34.3 Å². The van der Waals surface area contributed by atoms with Crippen molar-refractivity contribution >= 4 is 22.1 Å². The van der Waals surface area contributed by atoms with E-state index < -0.39 is 16.2 Å². The third-order valence-electron chi connectivity index (χ3n) is 3.41. The lowest BCUT2D eigenvalue weighted by molar-refractivity contribution is -0.143. The minimum absolute atomic E-state index is 0.0719. The average molecular weight is 321 g/mol. The highest BCUT2D eigenvalue weighted by Gasteiger charge is 2.26. The average Bonchev–Trinajstić information content (AvgIpc) is 2.44. The molecule has 1 heterocycles. The molecule has 1 aliphatic heterocycles. The maximum absolute atomic E-state index is 11.9. The second-order valence-corrected chi connectivity index (χ2v) is 7.05. The molecule has 0 aromatic rings. The lowest BCUT2D eigenvalue weighted by Gasteiger charge is -2.32. The van der Waals surface area contributed by atoms with Gasteiger partial charge in [-0.15, -0.1) is 0 Å². The number of carbonyl (C=O) groups is 2. The van der Waals surface area contributed by atoms with E-state index in [1.54, 1.807) is 4.90 Å². The molecule has 9 heteroatoms. The van der Waals surface area contributed by atoms with Gasteiger partial charge < -0.3 is 9.64 Å². The summed E-state index contributed by atoms with van der Waals surface area (Å²) in [6.45, 7) is 0.973. The van der Waals surface area contributed by atoms with Crippen molar-refractivity contribution < 1.29 is 22.7 Å². The van der Waals surface area contributed by atoms with Crippen LogP contribution >= 0.6 is 0 Å². The number of methoxy groups -OCH3 is 1. The fourth-order valence-corrected chi connectivity index (χ4v) is 2.90. The molecule has 0 aromatic heterocycles. The van der Waals surface area contributed by atoms with Crippen molar-refractivity contribution in [1.82, 2.24) is 13.9 Å². The van der Waals surface area contributed by atoms with Gasteiger partial charge in [-0.3, -0.25) is 9.59 Å². The molecule has 0 unspecified atom stereocenters. The normalized spacial score (nSPS) is 17.0. The molecule has 1 fully saturated rings. The van der Waals surface area contributed by atoms with Crippen LogP contribution in [0.4, 0.5) is 0 Å². The lowest BCUT2D eigenvalue weighted by Crippen LogP contribution is -2.49. The first-order chi connectivity index (χ1) is 9.76. The number of nitrogens with one attached hydrogen (secondary N) is 1. The summed E-state index contributed by atoms with van der Waals surface area (Å²) in [5, 5.41) is 0. The minimum atomic E-state index is -3.44. The van der Waals surface area contributed by atoms with E-state index in [4.69, 9.17) is 0 Å². The van der Waals surface area contributed by atoms with Crippen LogP contribution in [-0.2, 0) is 24.5 Å². The van der Waals surface area contributed by atoms with Gasteiger partial charge in [-0.05, 0) is 12.8 Å². The topological polar surface area (TPSA) is 96.0 Å². The number of ether oxygens (including phenoxy) is 1. The van der Waals surface area contributed by atoms with Crippen molar-refractivity contribution in [2.45, 2.75) is 31.7 Å². The highest BCUT2D eigenvalue weighted by Crippen LogP contribution is 2.13. The second kappa shape index (κ2) is 7.71. The predicted molar refractivity (Wildman–Crippen MR) is 76.6 cm³/mol. The number of nitrogens with zero attached hydrogens (tertiary/aromatic N) is 2. The van der Waals surface area contributed by atoms with Crippen molar-refractivity contribution in [3.63, 3.8) is 0 Å². The highest BCUT2D eigenvalue weighted by molar-refractivity contribution is 7.87. The Balaban J connectivity index is 2.38. The number of hydrogen-bond donors (Lipinski definition) is 1.